The number of benzene rings is 1. The second-order valence-electron chi connectivity index (χ2n) is 8.15. The van der Waals surface area contributed by atoms with E-state index in [0.717, 1.165) is 52.2 Å². The Kier molecular flexibility index (Phi) is 6.84. The summed E-state index contributed by atoms with van der Waals surface area (Å²) >= 11 is 1.64. The van der Waals surface area contributed by atoms with E-state index in [1.807, 2.05) is 29.1 Å². The fourth-order valence-corrected chi connectivity index (χ4v) is 4.72. The van der Waals surface area contributed by atoms with Gasteiger partial charge >= 0.3 is 0 Å². The Bertz CT molecular complexity index is 1200. The quantitative estimate of drug-likeness (QED) is 0.298. The van der Waals surface area contributed by atoms with Gasteiger partial charge in [0, 0.05) is 25.7 Å². The summed E-state index contributed by atoms with van der Waals surface area (Å²) in [6.45, 7) is 5.33. The molecular formula is C24H28N6O3S. The van der Waals surface area contributed by atoms with Gasteiger partial charge in [0.05, 0.1) is 18.1 Å². The Balaban J connectivity index is 1.24. The molecule has 0 spiro atoms. The third kappa shape index (κ3) is 4.96. The molecule has 0 atom stereocenters. The average Bonchev–Trinajstić information content (AvgIpc) is 3.50. The van der Waals surface area contributed by atoms with Crippen molar-refractivity contribution in [1.29, 1.82) is 0 Å². The third-order valence-electron chi connectivity index (χ3n) is 5.83. The van der Waals surface area contributed by atoms with Gasteiger partial charge in [0.25, 0.3) is 0 Å². The van der Waals surface area contributed by atoms with Gasteiger partial charge < -0.3 is 19.7 Å². The molecule has 4 heterocycles. The number of ether oxygens (including phenoxy) is 2. The van der Waals surface area contributed by atoms with Crippen LogP contribution in [0, 0.1) is 0 Å². The van der Waals surface area contributed by atoms with Crippen LogP contribution in [0.5, 0.6) is 11.5 Å². The van der Waals surface area contributed by atoms with Crippen molar-refractivity contribution in [3.63, 3.8) is 0 Å². The lowest BCUT2D eigenvalue weighted by Crippen LogP contribution is -2.30. The van der Waals surface area contributed by atoms with Crippen LogP contribution in [0.2, 0.25) is 0 Å². The molecule has 0 radical (unpaired) electrons. The molecule has 3 aromatic rings. The number of hydrogen-bond donors (Lipinski definition) is 1. The fourth-order valence-electron chi connectivity index (χ4n) is 4.16. The van der Waals surface area contributed by atoms with Gasteiger partial charge in [-0.2, -0.15) is 5.10 Å². The number of piperidine rings is 1. The first kappa shape index (κ1) is 22.5. The predicted octanol–water partition coefficient (Wildman–Crippen LogP) is 3.49. The van der Waals surface area contributed by atoms with Crippen molar-refractivity contribution in [1.82, 2.24) is 25.1 Å². The van der Waals surface area contributed by atoms with Crippen LogP contribution in [0.3, 0.4) is 0 Å². The van der Waals surface area contributed by atoms with Crippen molar-refractivity contribution in [3.05, 3.63) is 36.0 Å². The van der Waals surface area contributed by atoms with Gasteiger partial charge in [-0.15, -0.1) is 0 Å². The van der Waals surface area contributed by atoms with E-state index >= 15 is 0 Å². The molecule has 9 nitrogen and oxygen atoms in total. The molecule has 5 rings (SSSR count). The lowest BCUT2D eigenvalue weighted by molar-refractivity contribution is -0.116. The summed E-state index contributed by atoms with van der Waals surface area (Å²) in [6, 6.07) is 5.58. The van der Waals surface area contributed by atoms with Crippen LogP contribution < -0.4 is 19.7 Å². The zero-order valence-electron chi connectivity index (χ0n) is 19.2. The Labute approximate surface area is 202 Å². The third-order valence-corrected chi connectivity index (χ3v) is 6.56. The molecule has 0 saturated carbocycles. The van der Waals surface area contributed by atoms with Gasteiger partial charge in [-0.3, -0.25) is 4.79 Å². The molecule has 10 heteroatoms. The van der Waals surface area contributed by atoms with Crippen molar-refractivity contribution < 1.29 is 14.3 Å². The number of fused-ring (bicyclic) bond motifs is 2. The lowest BCUT2D eigenvalue weighted by Gasteiger charge is -2.28. The Morgan fingerprint density at radius 1 is 1.18 bits per heavy atom. The second kappa shape index (κ2) is 10.3. The van der Waals surface area contributed by atoms with Crippen LogP contribution in [0.1, 0.15) is 31.7 Å². The summed E-state index contributed by atoms with van der Waals surface area (Å²) < 4.78 is 12.5. The summed E-state index contributed by atoms with van der Waals surface area (Å²) in [5, 5.41) is 9.22. The molecule has 0 aliphatic carbocycles. The van der Waals surface area contributed by atoms with E-state index < -0.39 is 0 Å². The molecule has 2 aliphatic heterocycles. The summed E-state index contributed by atoms with van der Waals surface area (Å²) in [5.74, 6) is 3.13. The zero-order chi connectivity index (χ0) is 23.3. The number of rotatable bonds is 8. The fraction of sp³-hybridized carbons (Fsp3) is 0.417. The number of hydrogen-bond acceptors (Lipinski definition) is 8. The first-order valence-electron chi connectivity index (χ1n) is 11.7. The number of anilines is 1. The molecule has 1 fully saturated rings. The van der Waals surface area contributed by atoms with Gasteiger partial charge in [-0.05, 0) is 48.8 Å². The first-order valence-corrected chi connectivity index (χ1v) is 12.7. The van der Waals surface area contributed by atoms with E-state index in [4.69, 9.17) is 19.4 Å². The second-order valence-corrected chi connectivity index (χ2v) is 9.38. The average molecular weight is 481 g/mol. The maximum Gasteiger partial charge on any atom is 0.244 e. The number of nitrogens with one attached hydrogen (secondary N) is 1. The van der Waals surface area contributed by atoms with Crippen molar-refractivity contribution in [2.75, 3.05) is 37.1 Å². The number of nitrogens with zero attached hydrogens (tertiary/aromatic N) is 5. The zero-order valence-corrected chi connectivity index (χ0v) is 20.0. The van der Waals surface area contributed by atoms with Crippen LogP contribution in [0.15, 0.2) is 35.6 Å². The molecule has 1 amide bonds. The normalized spacial score (nSPS) is 15.4. The molecule has 1 saturated heterocycles. The Morgan fingerprint density at radius 3 is 2.88 bits per heavy atom. The molecular weight excluding hydrogens is 452 g/mol. The van der Waals surface area contributed by atoms with Crippen LogP contribution in [-0.4, -0.2) is 57.8 Å². The van der Waals surface area contributed by atoms with Crippen molar-refractivity contribution >= 4 is 40.6 Å². The molecule has 0 unspecified atom stereocenters. The highest BCUT2D eigenvalue weighted by molar-refractivity contribution is 7.99. The lowest BCUT2D eigenvalue weighted by atomic mass is 10.1. The number of carbonyl (C=O) groups is 1. The highest BCUT2D eigenvalue weighted by Crippen LogP contribution is 2.33. The predicted molar refractivity (Wildman–Crippen MR) is 132 cm³/mol. The van der Waals surface area contributed by atoms with E-state index in [2.05, 4.69) is 22.2 Å². The molecule has 1 aromatic carbocycles. The van der Waals surface area contributed by atoms with Crippen LogP contribution >= 0.6 is 11.8 Å². The summed E-state index contributed by atoms with van der Waals surface area (Å²) in [4.78, 5) is 24.3. The van der Waals surface area contributed by atoms with Gasteiger partial charge in [0.1, 0.15) is 5.82 Å². The summed E-state index contributed by atoms with van der Waals surface area (Å²) in [7, 11) is 0. The van der Waals surface area contributed by atoms with Gasteiger partial charge in [-0.1, -0.05) is 24.8 Å². The van der Waals surface area contributed by atoms with Crippen LogP contribution in [-0.2, 0) is 11.3 Å². The molecule has 2 aliphatic rings. The SMILES string of the molecule is CCSc1nc(N2CCCCC2)c2cnn(CCNC(=O)C=Cc3ccc4c(c3)OCO4)c2n1. The molecule has 34 heavy (non-hydrogen) atoms. The molecule has 1 N–H and O–H groups in total. The maximum absolute atomic E-state index is 12.3. The van der Waals surface area contributed by atoms with Gasteiger partial charge in [0.15, 0.2) is 22.3 Å². The Hall–Kier alpha value is -3.27. The van der Waals surface area contributed by atoms with Gasteiger partial charge in [0.2, 0.25) is 12.7 Å². The summed E-state index contributed by atoms with van der Waals surface area (Å²) in [5.41, 5.74) is 1.69. The highest BCUT2D eigenvalue weighted by Gasteiger charge is 2.20. The number of thioether (sulfide) groups is 1. The van der Waals surface area contributed by atoms with Crippen molar-refractivity contribution in [2.24, 2.45) is 0 Å². The number of aromatic nitrogens is 4. The van der Waals surface area contributed by atoms with E-state index in [1.54, 1.807) is 17.8 Å². The molecule has 178 valence electrons. The molecule has 2 aromatic heterocycles. The molecule has 0 bridgehead atoms. The van der Waals surface area contributed by atoms with E-state index in [-0.39, 0.29) is 12.7 Å². The minimum atomic E-state index is -0.167. The first-order chi connectivity index (χ1) is 16.7. The van der Waals surface area contributed by atoms with Crippen molar-refractivity contribution in [3.8, 4) is 11.5 Å². The summed E-state index contributed by atoms with van der Waals surface area (Å²) in [6.07, 6.45) is 8.76. The number of amides is 1. The van der Waals surface area contributed by atoms with E-state index in [0.29, 0.717) is 18.8 Å². The number of carbonyl (C=O) groups excluding carboxylic acids is 1. The van der Waals surface area contributed by atoms with Gasteiger partial charge in [-0.25, -0.2) is 14.6 Å². The van der Waals surface area contributed by atoms with Crippen molar-refractivity contribution in [2.45, 2.75) is 37.9 Å². The largest absolute Gasteiger partial charge is 0.454 e. The van der Waals surface area contributed by atoms with Crippen LogP contribution in [0.4, 0.5) is 5.82 Å². The van der Waals surface area contributed by atoms with E-state index in [9.17, 15) is 4.79 Å². The monoisotopic (exact) mass is 480 g/mol. The Morgan fingerprint density at radius 2 is 2.03 bits per heavy atom. The topological polar surface area (TPSA) is 94.4 Å². The maximum atomic E-state index is 12.3. The highest BCUT2D eigenvalue weighted by atomic mass is 32.2. The van der Waals surface area contributed by atoms with E-state index in [1.165, 1.54) is 25.3 Å². The van der Waals surface area contributed by atoms with Crippen LogP contribution in [0.25, 0.3) is 17.1 Å². The standard InChI is InChI=1S/C24H28N6O3S/c1-2-34-24-27-22(29-11-4-3-5-12-29)18-15-26-30(23(18)28-24)13-10-25-21(31)9-7-17-6-8-19-20(14-17)33-16-32-19/h6-9,14-15H,2-5,10-13,16H2,1H3,(H,25,31). The minimum absolute atomic E-state index is 0.167. The smallest absolute Gasteiger partial charge is 0.244 e. The minimum Gasteiger partial charge on any atom is -0.454 e.